The molecule has 0 radical (unpaired) electrons. The number of nitrogens with zero attached hydrogens (tertiary/aromatic N) is 1. The molecule has 1 aromatic heterocycles. The van der Waals surface area contributed by atoms with Gasteiger partial charge in [0.05, 0.1) is 13.2 Å². The van der Waals surface area contributed by atoms with Gasteiger partial charge in [-0.25, -0.2) is 0 Å². The average molecular weight is 246 g/mol. The van der Waals surface area contributed by atoms with Crippen LogP contribution in [0.2, 0.25) is 0 Å². The molecule has 1 heterocycles. The summed E-state index contributed by atoms with van der Waals surface area (Å²) in [5.74, 6) is 2.44. The molecule has 1 saturated carbocycles. The van der Waals surface area contributed by atoms with Crippen molar-refractivity contribution in [3.8, 4) is 22.8 Å². The molecule has 0 bridgehead atoms. The van der Waals surface area contributed by atoms with Crippen LogP contribution in [0.4, 0.5) is 5.82 Å². The Morgan fingerprint density at radius 3 is 2.72 bits per heavy atom. The van der Waals surface area contributed by atoms with E-state index in [0.29, 0.717) is 17.7 Å². The SMILES string of the molecule is COc1ccc(-c2cc(N)no2)cc1OC1CC1. The van der Waals surface area contributed by atoms with Gasteiger partial charge in [-0.15, -0.1) is 0 Å². The number of benzene rings is 1. The first-order chi connectivity index (χ1) is 8.76. The number of hydrogen-bond acceptors (Lipinski definition) is 5. The normalized spacial score (nSPS) is 14.5. The van der Waals surface area contributed by atoms with Crippen LogP contribution in [0.1, 0.15) is 12.8 Å². The minimum atomic E-state index is 0.314. The molecule has 94 valence electrons. The second-order valence-electron chi connectivity index (χ2n) is 4.30. The smallest absolute Gasteiger partial charge is 0.169 e. The zero-order valence-corrected chi connectivity index (χ0v) is 10.1. The van der Waals surface area contributed by atoms with Gasteiger partial charge >= 0.3 is 0 Å². The number of aromatic nitrogens is 1. The molecule has 1 fully saturated rings. The van der Waals surface area contributed by atoms with Gasteiger partial charge in [-0.05, 0) is 31.0 Å². The average Bonchev–Trinajstić information content (AvgIpc) is 3.08. The molecule has 1 aromatic carbocycles. The predicted octanol–water partition coefficient (Wildman–Crippen LogP) is 2.47. The lowest BCUT2D eigenvalue weighted by atomic mass is 10.1. The van der Waals surface area contributed by atoms with Crippen LogP contribution in [0, 0.1) is 0 Å². The summed E-state index contributed by atoms with van der Waals surface area (Å²) in [6.45, 7) is 0. The van der Waals surface area contributed by atoms with E-state index >= 15 is 0 Å². The Hall–Kier alpha value is -2.17. The van der Waals surface area contributed by atoms with E-state index in [1.807, 2.05) is 18.2 Å². The minimum absolute atomic E-state index is 0.314. The van der Waals surface area contributed by atoms with Crippen molar-refractivity contribution >= 4 is 5.82 Å². The fourth-order valence-electron chi connectivity index (χ4n) is 1.71. The molecule has 2 aromatic rings. The van der Waals surface area contributed by atoms with Gasteiger partial charge in [0.25, 0.3) is 0 Å². The third kappa shape index (κ3) is 2.11. The predicted molar refractivity (Wildman–Crippen MR) is 66.6 cm³/mol. The highest BCUT2D eigenvalue weighted by Gasteiger charge is 2.25. The summed E-state index contributed by atoms with van der Waals surface area (Å²) in [6, 6.07) is 7.31. The lowest BCUT2D eigenvalue weighted by Gasteiger charge is -2.10. The lowest BCUT2D eigenvalue weighted by molar-refractivity contribution is 0.282. The van der Waals surface area contributed by atoms with Gasteiger partial charge in [-0.1, -0.05) is 5.16 Å². The van der Waals surface area contributed by atoms with Crippen LogP contribution in [-0.2, 0) is 0 Å². The maximum atomic E-state index is 5.80. The molecule has 5 heteroatoms. The van der Waals surface area contributed by atoms with Crippen molar-refractivity contribution < 1.29 is 14.0 Å². The molecule has 2 N–H and O–H groups in total. The first-order valence-electron chi connectivity index (χ1n) is 5.83. The molecule has 0 atom stereocenters. The van der Waals surface area contributed by atoms with Gasteiger partial charge in [0, 0.05) is 11.6 Å². The molecule has 0 saturated heterocycles. The highest BCUT2D eigenvalue weighted by atomic mass is 16.5. The molecule has 1 aliphatic carbocycles. The lowest BCUT2D eigenvalue weighted by Crippen LogP contribution is -1.98. The summed E-state index contributed by atoms with van der Waals surface area (Å²) in [6.07, 6.45) is 2.51. The zero-order valence-electron chi connectivity index (χ0n) is 10.1. The van der Waals surface area contributed by atoms with Crippen molar-refractivity contribution in [2.75, 3.05) is 12.8 Å². The standard InChI is InChI=1S/C13H14N2O3/c1-16-10-5-2-8(11-7-13(14)15-18-11)6-12(10)17-9-3-4-9/h2,5-7,9H,3-4H2,1H3,(H2,14,15). The molecule has 0 amide bonds. The Morgan fingerprint density at radius 1 is 1.28 bits per heavy atom. The second-order valence-corrected chi connectivity index (χ2v) is 4.30. The fraction of sp³-hybridized carbons (Fsp3) is 0.308. The van der Waals surface area contributed by atoms with Gasteiger partial charge in [0.15, 0.2) is 23.1 Å². The van der Waals surface area contributed by atoms with Crippen LogP contribution in [0.3, 0.4) is 0 Å². The fourth-order valence-corrected chi connectivity index (χ4v) is 1.71. The maximum Gasteiger partial charge on any atom is 0.169 e. The Labute approximate surface area is 104 Å². The summed E-state index contributed by atoms with van der Waals surface area (Å²) < 4.78 is 16.2. The second kappa shape index (κ2) is 4.25. The van der Waals surface area contributed by atoms with Crippen molar-refractivity contribution in [2.45, 2.75) is 18.9 Å². The van der Waals surface area contributed by atoms with E-state index in [-0.39, 0.29) is 0 Å². The van der Waals surface area contributed by atoms with E-state index in [2.05, 4.69) is 5.16 Å². The topological polar surface area (TPSA) is 70.5 Å². The van der Waals surface area contributed by atoms with Crippen molar-refractivity contribution in [3.63, 3.8) is 0 Å². The van der Waals surface area contributed by atoms with Crippen LogP contribution in [0.5, 0.6) is 11.5 Å². The van der Waals surface area contributed by atoms with Gasteiger partial charge < -0.3 is 19.7 Å². The van der Waals surface area contributed by atoms with E-state index in [4.69, 9.17) is 19.7 Å². The molecule has 18 heavy (non-hydrogen) atoms. The first kappa shape index (κ1) is 11.0. The molecule has 0 aliphatic heterocycles. The molecule has 1 aliphatic rings. The van der Waals surface area contributed by atoms with Gasteiger partial charge in [-0.2, -0.15) is 0 Å². The number of nitrogen functional groups attached to an aromatic ring is 1. The number of nitrogens with two attached hydrogens (primary N) is 1. The van der Waals surface area contributed by atoms with Crippen LogP contribution in [0.15, 0.2) is 28.8 Å². The monoisotopic (exact) mass is 246 g/mol. The molecular weight excluding hydrogens is 232 g/mol. The van der Waals surface area contributed by atoms with Crippen LogP contribution in [0.25, 0.3) is 11.3 Å². The van der Waals surface area contributed by atoms with E-state index in [9.17, 15) is 0 Å². The largest absolute Gasteiger partial charge is 0.493 e. The van der Waals surface area contributed by atoms with Crippen molar-refractivity contribution in [2.24, 2.45) is 0 Å². The number of hydrogen-bond donors (Lipinski definition) is 1. The van der Waals surface area contributed by atoms with Crippen molar-refractivity contribution in [1.29, 1.82) is 0 Å². The third-order valence-electron chi connectivity index (χ3n) is 2.79. The van der Waals surface area contributed by atoms with Crippen LogP contribution in [-0.4, -0.2) is 18.4 Å². The maximum absolute atomic E-state index is 5.80. The zero-order chi connectivity index (χ0) is 12.5. The minimum Gasteiger partial charge on any atom is -0.493 e. The van der Waals surface area contributed by atoms with Gasteiger partial charge in [0.2, 0.25) is 0 Å². The molecule has 0 unspecified atom stereocenters. The molecule has 0 spiro atoms. The Bertz CT molecular complexity index is 561. The Balaban J connectivity index is 1.95. The number of ether oxygens (including phenoxy) is 2. The van der Waals surface area contributed by atoms with Crippen LogP contribution >= 0.6 is 0 Å². The summed E-state index contributed by atoms with van der Waals surface area (Å²) in [5.41, 5.74) is 6.41. The van der Waals surface area contributed by atoms with E-state index < -0.39 is 0 Å². The number of methoxy groups -OCH3 is 1. The highest BCUT2D eigenvalue weighted by molar-refractivity contribution is 5.64. The van der Waals surface area contributed by atoms with Crippen molar-refractivity contribution in [1.82, 2.24) is 5.16 Å². The number of anilines is 1. The highest BCUT2D eigenvalue weighted by Crippen LogP contribution is 2.36. The van der Waals surface area contributed by atoms with E-state index in [1.165, 1.54) is 0 Å². The molecular formula is C13H14N2O3. The molecule has 5 nitrogen and oxygen atoms in total. The van der Waals surface area contributed by atoms with Crippen molar-refractivity contribution in [3.05, 3.63) is 24.3 Å². The summed E-state index contributed by atoms with van der Waals surface area (Å²) in [5, 5.41) is 3.67. The van der Waals surface area contributed by atoms with Gasteiger partial charge in [-0.3, -0.25) is 0 Å². The van der Waals surface area contributed by atoms with E-state index in [0.717, 1.165) is 29.9 Å². The van der Waals surface area contributed by atoms with Gasteiger partial charge in [0.1, 0.15) is 0 Å². The summed E-state index contributed by atoms with van der Waals surface area (Å²) in [4.78, 5) is 0. The quantitative estimate of drug-likeness (QED) is 0.897. The summed E-state index contributed by atoms with van der Waals surface area (Å²) in [7, 11) is 1.63. The summed E-state index contributed by atoms with van der Waals surface area (Å²) >= 11 is 0. The third-order valence-corrected chi connectivity index (χ3v) is 2.79. The first-order valence-corrected chi connectivity index (χ1v) is 5.83. The number of rotatable bonds is 4. The Kier molecular flexibility index (Phi) is 2.59. The molecule has 3 rings (SSSR count). The van der Waals surface area contributed by atoms with E-state index in [1.54, 1.807) is 13.2 Å². The Morgan fingerprint density at radius 2 is 2.11 bits per heavy atom. The van der Waals surface area contributed by atoms with Crippen LogP contribution < -0.4 is 15.2 Å².